The third-order valence-electron chi connectivity index (χ3n) is 4.29. The topological polar surface area (TPSA) is 75.4 Å². The highest BCUT2D eigenvalue weighted by molar-refractivity contribution is 7.14. The van der Waals surface area contributed by atoms with Gasteiger partial charge in [0.1, 0.15) is 5.58 Å². The van der Waals surface area contributed by atoms with Gasteiger partial charge in [0.2, 0.25) is 0 Å². The minimum absolute atomic E-state index is 0.253. The second-order valence-corrected chi connectivity index (χ2v) is 7.28. The van der Waals surface area contributed by atoms with Crippen LogP contribution in [0.5, 0.6) is 0 Å². The van der Waals surface area contributed by atoms with E-state index in [4.69, 9.17) is 4.42 Å². The van der Waals surface area contributed by atoms with E-state index in [9.17, 15) is 9.59 Å². The van der Waals surface area contributed by atoms with Crippen molar-refractivity contribution in [1.82, 2.24) is 4.98 Å². The number of carbonyl (C=O) groups is 1. The first-order valence-corrected chi connectivity index (χ1v) is 9.47. The first kappa shape index (κ1) is 17.9. The molecule has 0 bridgehead atoms. The van der Waals surface area contributed by atoms with Crippen molar-refractivity contribution in [3.8, 4) is 11.3 Å². The van der Waals surface area contributed by atoms with Crippen molar-refractivity contribution < 1.29 is 9.21 Å². The Hall–Kier alpha value is -3.45. The van der Waals surface area contributed by atoms with E-state index in [0.717, 1.165) is 11.1 Å². The number of carbonyl (C=O) groups excluding carboxylic acids is 1. The molecule has 6 nitrogen and oxygen atoms in total. The van der Waals surface area contributed by atoms with Crippen LogP contribution in [0.4, 0.5) is 10.8 Å². The van der Waals surface area contributed by atoms with Gasteiger partial charge < -0.3 is 9.32 Å². The minimum Gasteiger partial charge on any atom is -0.422 e. The predicted octanol–water partition coefficient (Wildman–Crippen LogP) is 4.23. The Morgan fingerprint density at radius 3 is 2.61 bits per heavy atom. The Kier molecular flexibility index (Phi) is 4.67. The van der Waals surface area contributed by atoms with Crippen molar-refractivity contribution in [2.75, 3.05) is 24.3 Å². The highest BCUT2D eigenvalue weighted by Gasteiger charge is 2.14. The zero-order valence-corrected chi connectivity index (χ0v) is 16.1. The van der Waals surface area contributed by atoms with E-state index in [1.54, 1.807) is 29.6 Å². The highest BCUT2D eigenvalue weighted by atomic mass is 32.1. The van der Waals surface area contributed by atoms with Crippen LogP contribution in [-0.4, -0.2) is 25.0 Å². The molecule has 2 aromatic heterocycles. The van der Waals surface area contributed by atoms with Gasteiger partial charge in [-0.25, -0.2) is 9.78 Å². The van der Waals surface area contributed by atoms with Crippen molar-refractivity contribution in [3.05, 3.63) is 76.0 Å². The van der Waals surface area contributed by atoms with Crippen LogP contribution in [0.25, 0.3) is 22.2 Å². The molecule has 1 N–H and O–H groups in total. The molecule has 0 spiro atoms. The molecule has 0 saturated carbocycles. The van der Waals surface area contributed by atoms with Crippen LogP contribution in [0.1, 0.15) is 10.4 Å². The molecule has 0 saturated heterocycles. The molecule has 0 fully saturated rings. The highest BCUT2D eigenvalue weighted by Crippen LogP contribution is 2.25. The molecule has 0 aliphatic carbocycles. The molecule has 140 valence electrons. The summed E-state index contributed by atoms with van der Waals surface area (Å²) < 4.78 is 5.36. The lowest BCUT2D eigenvalue weighted by Gasteiger charge is -2.12. The Balaban J connectivity index is 1.57. The standard InChI is InChI=1S/C21H17N3O3S/c1-24(2)15-9-7-13(8-10-15)19(25)23-21-22-17(12-28-21)16-11-14-5-3-4-6-18(14)27-20(16)26/h3-12H,1-2H3,(H,22,23,25). The van der Waals surface area contributed by atoms with Crippen LogP contribution in [0, 0.1) is 0 Å². The second-order valence-electron chi connectivity index (χ2n) is 6.42. The molecule has 4 aromatic rings. The van der Waals surface area contributed by atoms with Gasteiger partial charge in [0.25, 0.3) is 5.91 Å². The van der Waals surface area contributed by atoms with E-state index in [1.165, 1.54) is 11.3 Å². The predicted molar refractivity (Wildman–Crippen MR) is 112 cm³/mol. The maximum atomic E-state index is 12.4. The number of aromatic nitrogens is 1. The third kappa shape index (κ3) is 3.52. The van der Waals surface area contributed by atoms with Gasteiger partial charge in [-0.05, 0) is 36.4 Å². The van der Waals surface area contributed by atoms with Gasteiger partial charge in [0, 0.05) is 36.1 Å². The molecule has 0 radical (unpaired) electrons. The van der Waals surface area contributed by atoms with E-state index >= 15 is 0 Å². The molecule has 0 aliphatic heterocycles. The smallest absolute Gasteiger partial charge is 0.345 e. The summed E-state index contributed by atoms with van der Waals surface area (Å²) in [5, 5.41) is 5.74. The van der Waals surface area contributed by atoms with E-state index in [2.05, 4.69) is 10.3 Å². The summed E-state index contributed by atoms with van der Waals surface area (Å²) in [5.74, 6) is -0.253. The molecule has 2 heterocycles. The molecular formula is C21H17N3O3S. The molecule has 1 amide bonds. The number of benzene rings is 2. The summed E-state index contributed by atoms with van der Waals surface area (Å²) in [7, 11) is 3.88. The zero-order valence-electron chi connectivity index (χ0n) is 15.3. The van der Waals surface area contributed by atoms with E-state index in [0.29, 0.717) is 27.5 Å². The maximum Gasteiger partial charge on any atom is 0.345 e. The second kappa shape index (κ2) is 7.28. The normalized spacial score (nSPS) is 10.8. The quantitative estimate of drug-likeness (QED) is 0.527. The number of hydrogen-bond acceptors (Lipinski definition) is 6. The Labute approximate surface area is 165 Å². The number of para-hydroxylation sites is 1. The average molecular weight is 391 g/mol. The average Bonchev–Trinajstić information content (AvgIpc) is 3.15. The summed E-state index contributed by atoms with van der Waals surface area (Å²) in [6.45, 7) is 0. The van der Waals surface area contributed by atoms with Gasteiger partial charge in [-0.15, -0.1) is 11.3 Å². The fourth-order valence-electron chi connectivity index (χ4n) is 2.78. The molecule has 28 heavy (non-hydrogen) atoms. The number of hydrogen-bond donors (Lipinski definition) is 1. The molecule has 0 unspecified atom stereocenters. The Morgan fingerprint density at radius 1 is 1.11 bits per heavy atom. The lowest BCUT2D eigenvalue weighted by molar-refractivity contribution is 0.102. The number of fused-ring (bicyclic) bond motifs is 1. The number of nitrogens with zero attached hydrogens (tertiary/aromatic N) is 2. The Morgan fingerprint density at radius 2 is 1.86 bits per heavy atom. The summed E-state index contributed by atoms with van der Waals surface area (Å²) in [6.07, 6.45) is 0. The van der Waals surface area contributed by atoms with Gasteiger partial charge in [-0.2, -0.15) is 0 Å². The number of thiazole rings is 1. The lowest BCUT2D eigenvalue weighted by atomic mass is 10.1. The number of rotatable bonds is 4. The first-order chi connectivity index (χ1) is 13.5. The van der Waals surface area contributed by atoms with Gasteiger partial charge in [-0.1, -0.05) is 18.2 Å². The van der Waals surface area contributed by atoms with Gasteiger partial charge >= 0.3 is 5.63 Å². The Bertz CT molecular complexity index is 1210. The molecular weight excluding hydrogens is 374 g/mol. The van der Waals surface area contributed by atoms with Gasteiger partial charge in [0.15, 0.2) is 5.13 Å². The molecule has 4 rings (SSSR count). The SMILES string of the molecule is CN(C)c1ccc(C(=O)Nc2nc(-c3cc4ccccc4oc3=O)cs2)cc1. The summed E-state index contributed by atoms with van der Waals surface area (Å²) >= 11 is 1.26. The fourth-order valence-corrected chi connectivity index (χ4v) is 3.48. The maximum absolute atomic E-state index is 12.4. The van der Waals surface area contributed by atoms with E-state index in [1.807, 2.05) is 49.3 Å². The van der Waals surface area contributed by atoms with Crippen molar-refractivity contribution >= 4 is 39.0 Å². The minimum atomic E-state index is -0.457. The van der Waals surface area contributed by atoms with Gasteiger partial charge in [0.05, 0.1) is 11.3 Å². The summed E-state index contributed by atoms with van der Waals surface area (Å²) in [4.78, 5) is 31.1. The summed E-state index contributed by atoms with van der Waals surface area (Å²) in [6, 6.07) is 16.3. The van der Waals surface area contributed by atoms with Crippen molar-refractivity contribution in [1.29, 1.82) is 0 Å². The van der Waals surface area contributed by atoms with Crippen molar-refractivity contribution in [3.63, 3.8) is 0 Å². The van der Waals surface area contributed by atoms with Crippen LogP contribution in [0.3, 0.4) is 0 Å². The van der Waals surface area contributed by atoms with E-state index < -0.39 is 5.63 Å². The lowest BCUT2D eigenvalue weighted by Crippen LogP contribution is -2.13. The number of amides is 1. The van der Waals surface area contributed by atoms with Crippen LogP contribution >= 0.6 is 11.3 Å². The van der Waals surface area contributed by atoms with Gasteiger partial charge in [-0.3, -0.25) is 10.1 Å². The third-order valence-corrected chi connectivity index (χ3v) is 5.05. The largest absolute Gasteiger partial charge is 0.422 e. The molecule has 7 heteroatoms. The zero-order chi connectivity index (χ0) is 19.7. The fraction of sp³-hybridized carbons (Fsp3) is 0.0952. The van der Waals surface area contributed by atoms with Crippen molar-refractivity contribution in [2.45, 2.75) is 0 Å². The van der Waals surface area contributed by atoms with Crippen molar-refractivity contribution in [2.24, 2.45) is 0 Å². The molecule has 0 aliphatic rings. The summed E-state index contributed by atoms with van der Waals surface area (Å²) in [5.41, 5.74) is 2.46. The molecule has 2 aromatic carbocycles. The first-order valence-electron chi connectivity index (χ1n) is 8.59. The van der Waals surface area contributed by atoms with Crippen LogP contribution < -0.4 is 15.8 Å². The van der Waals surface area contributed by atoms with Crippen LogP contribution in [-0.2, 0) is 0 Å². The van der Waals surface area contributed by atoms with Crippen LogP contribution in [0.2, 0.25) is 0 Å². The monoisotopic (exact) mass is 391 g/mol. The van der Waals surface area contributed by atoms with E-state index in [-0.39, 0.29) is 5.91 Å². The number of anilines is 2. The molecule has 0 atom stereocenters. The number of nitrogens with one attached hydrogen (secondary N) is 1. The van der Waals surface area contributed by atoms with Crippen LogP contribution in [0.15, 0.2) is 69.2 Å².